The van der Waals surface area contributed by atoms with E-state index in [4.69, 9.17) is 9.47 Å². The van der Waals surface area contributed by atoms with Gasteiger partial charge in [-0.15, -0.1) is 0 Å². The van der Waals surface area contributed by atoms with Crippen LogP contribution in [0.3, 0.4) is 0 Å². The Hall–Kier alpha value is -2.77. The molecule has 2 aliphatic heterocycles. The summed E-state index contributed by atoms with van der Waals surface area (Å²) in [6.07, 6.45) is 2.93. The Balaban J connectivity index is 1.26. The minimum atomic E-state index is -0.201. The van der Waals surface area contributed by atoms with Crippen molar-refractivity contribution in [3.63, 3.8) is 0 Å². The van der Waals surface area contributed by atoms with Gasteiger partial charge in [0.2, 0.25) is 5.91 Å². The summed E-state index contributed by atoms with van der Waals surface area (Å²) >= 11 is 0. The van der Waals surface area contributed by atoms with Crippen LogP contribution >= 0.6 is 0 Å². The molecule has 0 radical (unpaired) electrons. The molecule has 32 heavy (non-hydrogen) atoms. The van der Waals surface area contributed by atoms with Gasteiger partial charge < -0.3 is 19.3 Å². The number of nitrogens with one attached hydrogen (secondary N) is 2. The summed E-state index contributed by atoms with van der Waals surface area (Å²) in [6, 6.07) is 16.2. The van der Waals surface area contributed by atoms with Crippen LogP contribution in [0.1, 0.15) is 37.8 Å². The monoisotopic (exact) mass is 438 g/mol. The van der Waals surface area contributed by atoms with Crippen LogP contribution in [0.15, 0.2) is 48.5 Å². The lowest BCUT2D eigenvalue weighted by molar-refractivity contribution is -0.133. The van der Waals surface area contributed by atoms with Crippen molar-refractivity contribution in [2.75, 3.05) is 44.8 Å². The number of rotatable bonds is 8. The Kier molecular flexibility index (Phi) is 7.50. The van der Waals surface area contributed by atoms with E-state index in [1.165, 1.54) is 11.3 Å². The molecule has 0 aromatic heterocycles. The van der Waals surface area contributed by atoms with Gasteiger partial charge in [0.05, 0.1) is 13.7 Å². The molecule has 0 spiro atoms. The van der Waals surface area contributed by atoms with E-state index in [-0.39, 0.29) is 18.0 Å². The van der Waals surface area contributed by atoms with Gasteiger partial charge in [-0.2, -0.15) is 0 Å². The first-order valence-electron chi connectivity index (χ1n) is 11.6. The number of anilines is 1. The van der Waals surface area contributed by atoms with Crippen LogP contribution in [0.4, 0.5) is 5.69 Å². The molecule has 4 rings (SSSR count). The number of nitrogens with zero attached hydrogens (tertiary/aromatic N) is 2. The highest BCUT2D eigenvalue weighted by molar-refractivity contribution is 5.82. The molecule has 2 saturated heterocycles. The zero-order valence-electron chi connectivity index (χ0n) is 19.0. The van der Waals surface area contributed by atoms with Crippen molar-refractivity contribution < 1.29 is 14.3 Å². The third-order valence-electron chi connectivity index (χ3n) is 6.28. The zero-order valence-corrected chi connectivity index (χ0v) is 19.0. The Morgan fingerprint density at radius 2 is 1.66 bits per heavy atom. The molecule has 0 bridgehead atoms. The summed E-state index contributed by atoms with van der Waals surface area (Å²) < 4.78 is 11.0. The van der Waals surface area contributed by atoms with E-state index in [1.807, 2.05) is 29.2 Å². The second-order valence-electron chi connectivity index (χ2n) is 8.41. The van der Waals surface area contributed by atoms with E-state index >= 15 is 0 Å². The van der Waals surface area contributed by atoms with E-state index in [0.29, 0.717) is 0 Å². The highest BCUT2D eigenvalue weighted by Crippen LogP contribution is 2.26. The zero-order chi connectivity index (χ0) is 22.3. The second kappa shape index (κ2) is 10.7. The predicted molar refractivity (Wildman–Crippen MR) is 126 cm³/mol. The lowest BCUT2D eigenvalue weighted by atomic mass is 10.0. The number of ether oxygens (including phenoxy) is 2. The fraction of sp³-hybridized carbons (Fsp3) is 0.480. The number of piperazine rings is 1. The molecule has 0 aliphatic carbocycles. The highest BCUT2D eigenvalue weighted by atomic mass is 16.5. The molecule has 2 aromatic carbocycles. The van der Waals surface area contributed by atoms with Gasteiger partial charge in [0, 0.05) is 37.9 Å². The van der Waals surface area contributed by atoms with Gasteiger partial charge in [0.25, 0.3) is 0 Å². The van der Waals surface area contributed by atoms with Crippen LogP contribution < -0.4 is 25.2 Å². The van der Waals surface area contributed by atoms with Crippen molar-refractivity contribution in [1.29, 1.82) is 0 Å². The van der Waals surface area contributed by atoms with Gasteiger partial charge in [-0.1, -0.05) is 25.5 Å². The first-order chi connectivity index (χ1) is 15.7. The Labute approximate surface area is 190 Å². The molecule has 2 N–H and O–H groups in total. The van der Waals surface area contributed by atoms with Gasteiger partial charge in [-0.3, -0.25) is 4.79 Å². The quantitative estimate of drug-likeness (QED) is 0.618. The molecular weight excluding hydrogens is 404 g/mol. The number of hydrogen-bond acceptors (Lipinski definition) is 6. The number of benzene rings is 2. The number of carbonyl (C=O) groups is 1. The molecule has 7 heteroatoms. The average Bonchev–Trinajstić information content (AvgIpc) is 3.35. The minimum absolute atomic E-state index is 0.120. The number of hydrazine groups is 1. The first-order valence-corrected chi connectivity index (χ1v) is 11.6. The summed E-state index contributed by atoms with van der Waals surface area (Å²) in [4.78, 5) is 17.4. The molecular formula is C25H34N4O3. The van der Waals surface area contributed by atoms with Crippen LogP contribution in [0.25, 0.3) is 0 Å². The number of methoxy groups -OCH3 is 1. The summed E-state index contributed by atoms with van der Waals surface area (Å²) in [5, 5.41) is 0. The highest BCUT2D eigenvalue weighted by Gasteiger charge is 2.34. The summed E-state index contributed by atoms with van der Waals surface area (Å²) in [5.74, 6) is 1.93. The fourth-order valence-electron chi connectivity index (χ4n) is 4.27. The Morgan fingerprint density at radius 1 is 0.969 bits per heavy atom. The number of hydrogen-bond donors (Lipinski definition) is 2. The maximum atomic E-state index is 13.1. The first kappa shape index (κ1) is 22.4. The van der Waals surface area contributed by atoms with Gasteiger partial charge in [-0.05, 0) is 54.8 Å². The van der Waals surface area contributed by atoms with Gasteiger partial charge in [-0.25, -0.2) is 10.9 Å². The Bertz CT molecular complexity index is 864. The van der Waals surface area contributed by atoms with E-state index in [1.54, 1.807) is 7.11 Å². The molecule has 2 aliphatic rings. The van der Waals surface area contributed by atoms with Crippen molar-refractivity contribution in [3.8, 4) is 11.5 Å². The molecule has 2 unspecified atom stereocenters. The number of amides is 1. The molecule has 0 saturated carbocycles. The van der Waals surface area contributed by atoms with Crippen LogP contribution in [0, 0.1) is 0 Å². The molecule has 172 valence electrons. The number of carbonyl (C=O) groups excluding carboxylic acids is 1. The normalized spacial score (nSPS) is 20.9. The van der Waals surface area contributed by atoms with Crippen molar-refractivity contribution >= 4 is 11.6 Å². The van der Waals surface area contributed by atoms with Gasteiger partial charge >= 0.3 is 0 Å². The predicted octanol–water partition coefficient (Wildman–Crippen LogP) is 3.13. The largest absolute Gasteiger partial charge is 0.497 e. The molecule has 1 amide bonds. The third-order valence-corrected chi connectivity index (χ3v) is 6.28. The summed E-state index contributed by atoms with van der Waals surface area (Å²) in [7, 11) is 1.67. The lowest BCUT2D eigenvalue weighted by Gasteiger charge is -2.37. The standard InChI is InChI=1S/C25H34N4O3/c1-3-4-17-32-22-9-5-19(6-10-22)23-18-24(27-26-23)25(30)29-15-13-28(14-16-29)20-7-11-21(31-2)12-8-20/h5-12,23-24,26-27H,3-4,13-18H2,1-2H3. The number of unbranched alkanes of at least 4 members (excludes halogenated alkanes) is 1. The van der Waals surface area contributed by atoms with Crippen molar-refractivity contribution in [1.82, 2.24) is 15.8 Å². The van der Waals surface area contributed by atoms with E-state index in [0.717, 1.165) is 63.5 Å². The van der Waals surface area contributed by atoms with Crippen LogP contribution in [0.5, 0.6) is 11.5 Å². The summed E-state index contributed by atoms with van der Waals surface area (Å²) in [5.41, 5.74) is 8.85. The maximum absolute atomic E-state index is 13.1. The maximum Gasteiger partial charge on any atom is 0.241 e. The molecule has 7 nitrogen and oxygen atoms in total. The van der Waals surface area contributed by atoms with E-state index in [9.17, 15) is 4.79 Å². The fourth-order valence-corrected chi connectivity index (χ4v) is 4.27. The van der Waals surface area contributed by atoms with Crippen LogP contribution in [-0.4, -0.2) is 56.7 Å². The minimum Gasteiger partial charge on any atom is -0.497 e. The van der Waals surface area contributed by atoms with Gasteiger partial charge in [0.1, 0.15) is 17.5 Å². The molecule has 2 aromatic rings. The van der Waals surface area contributed by atoms with Crippen LogP contribution in [0.2, 0.25) is 0 Å². The lowest BCUT2D eigenvalue weighted by Crippen LogP contribution is -2.53. The third kappa shape index (κ3) is 5.34. The average molecular weight is 439 g/mol. The van der Waals surface area contributed by atoms with E-state index in [2.05, 4.69) is 46.9 Å². The second-order valence-corrected chi connectivity index (χ2v) is 8.41. The topological polar surface area (TPSA) is 66.1 Å². The van der Waals surface area contributed by atoms with Crippen molar-refractivity contribution in [2.45, 2.75) is 38.3 Å². The molecule has 2 heterocycles. The smallest absolute Gasteiger partial charge is 0.241 e. The SMILES string of the molecule is CCCCOc1ccc(C2CC(C(=O)N3CCN(c4ccc(OC)cc4)CC3)NN2)cc1. The van der Waals surface area contributed by atoms with Gasteiger partial charge in [0.15, 0.2) is 0 Å². The molecule has 2 fully saturated rings. The molecule has 2 atom stereocenters. The van der Waals surface area contributed by atoms with Crippen molar-refractivity contribution in [2.24, 2.45) is 0 Å². The van der Waals surface area contributed by atoms with Crippen molar-refractivity contribution in [3.05, 3.63) is 54.1 Å². The van der Waals surface area contributed by atoms with E-state index < -0.39 is 0 Å². The van der Waals surface area contributed by atoms with Crippen LogP contribution in [-0.2, 0) is 4.79 Å². The summed E-state index contributed by atoms with van der Waals surface area (Å²) in [6.45, 7) is 6.04. The Morgan fingerprint density at radius 3 is 2.31 bits per heavy atom.